The summed E-state index contributed by atoms with van der Waals surface area (Å²) in [5, 5.41) is 0. The molecule has 132 valence electrons. The molecule has 1 aromatic rings. The lowest BCUT2D eigenvalue weighted by Gasteiger charge is -2.45. The summed E-state index contributed by atoms with van der Waals surface area (Å²) in [5.74, 6) is 0.114. The highest BCUT2D eigenvalue weighted by atomic mass is 19.3. The normalized spacial score (nSPS) is 21.7. The second-order valence-corrected chi connectivity index (χ2v) is 6.68. The first kappa shape index (κ1) is 17.0. The average Bonchev–Trinajstić information content (AvgIpc) is 2.55. The van der Waals surface area contributed by atoms with Crippen molar-refractivity contribution >= 4 is 6.09 Å². The van der Waals surface area contributed by atoms with Gasteiger partial charge in [-0.1, -0.05) is 18.6 Å². The van der Waals surface area contributed by atoms with Gasteiger partial charge in [-0.25, -0.2) is 4.79 Å². The Balaban J connectivity index is 1.65. The summed E-state index contributed by atoms with van der Waals surface area (Å²) in [6.07, 6.45) is 5.95. The number of hydrogen-bond acceptors (Lipinski definition) is 3. The molecule has 1 aliphatic heterocycles. The van der Waals surface area contributed by atoms with Crippen LogP contribution in [0.25, 0.3) is 0 Å². The first-order valence-corrected chi connectivity index (χ1v) is 8.53. The Morgan fingerprint density at radius 2 is 1.79 bits per heavy atom. The second-order valence-electron chi connectivity index (χ2n) is 6.68. The molecule has 0 N–H and O–H groups in total. The molecule has 3 rings (SSSR count). The van der Waals surface area contributed by atoms with Gasteiger partial charge < -0.3 is 14.4 Å². The van der Waals surface area contributed by atoms with E-state index in [1.807, 2.05) is 6.92 Å². The topological polar surface area (TPSA) is 38.8 Å². The van der Waals surface area contributed by atoms with Crippen molar-refractivity contribution in [2.45, 2.75) is 63.7 Å². The molecule has 1 saturated carbocycles. The quantitative estimate of drug-likeness (QED) is 0.783. The molecular formula is C18H23F2NO3. The molecule has 1 heterocycles. The second kappa shape index (κ2) is 6.95. The van der Waals surface area contributed by atoms with Crippen molar-refractivity contribution < 1.29 is 23.0 Å². The van der Waals surface area contributed by atoms with Crippen LogP contribution < -0.4 is 4.74 Å². The summed E-state index contributed by atoms with van der Waals surface area (Å²) in [6.45, 7) is -0.254. The van der Waals surface area contributed by atoms with E-state index in [0.717, 1.165) is 37.7 Å². The van der Waals surface area contributed by atoms with Gasteiger partial charge in [0.2, 0.25) is 0 Å². The van der Waals surface area contributed by atoms with Crippen LogP contribution in [0.5, 0.6) is 5.75 Å². The molecule has 1 spiro atoms. The molecular weight excluding hydrogens is 316 g/mol. The first-order chi connectivity index (χ1) is 11.5. The summed E-state index contributed by atoms with van der Waals surface area (Å²) in [7, 11) is 0. The highest BCUT2D eigenvalue weighted by Crippen LogP contribution is 2.39. The molecule has 0 radical (unpaired) electrons. The van der Waals surface area contributed by atoms with E-state index in [9.17, 15) is 13.6 Å². The number of halogens is 2. The van der Waals surface area contributed by atoms with Gasteiger partial charge in [0, 0.05) is 13.0 Å². The fraction of sp³-hybridized carbons (Fsp3) is 0.611. The van der Waals surface area contributed by atoms with Gasteiger partial charge in [-0.2, -0.15) is 8.78 Å². The van der Waals surface area contributed by atoms with Gasteiger partial charge in [0.25, 0.3) is 0 Å². The first-order valence-electron chi connectivity index (χ1n) is 8.53. The molecule has 1 aromatic carbocycles. The van der Waals surface area contributed by atoms with Crippen LogP contribution in [0.2, 0.25) is 0 Å². The molecule has 0 bridgehead atoms. The van der Waals surface area contributed by atoms with Crippen molar-refractivity contribution in [2.24, 2.45) is 0 Å². The molecule has 2 fully saturated rings. The number of amides is 1. The Morgan fingerprint density at radius 1 is 1.12 bits per heavy atom. The lowest BCUT2D eigenvalue weighted by Crippen LogP contribution is -2.51. The van der Waals surface area contributed by atoms with Crippen LogP contribution in [0, 0.1) is 0 Å². The number of benzene rings is 1. The largest absolute Gasteiger partial charge is 0.443 e. The van der Waals surface area contributed by atoms with Crippen LogP contribution >= 0.6 is 0 Å². The Hall–Kier alpha value is -1.85. The predicted molar refractivity (Wildman–Crippen MR) is 85.1 cm³/mol. The Morgan fingerprint density at radius 3 is 2.38 bits per heavy atom. The lowest BCUT2D eigenvalue weighted by molar-refractivity contribution is -0.0751. The number of carbonyl (C=O) groups excluding carboxylic acids is 1. The highest BCUT2D eigenvalue weighted by molar-refractivity contribution is 5.69. The Bertz CT molecular complexity index is 570. The number of nitrogens with zero attached hydrogens (tertiary/aromatic N) is 1. The van der Waals surface area contributed by atoms with Gasteiger partial charge in [-0.15, -0.1) is 0 Å². The fourth-order valence-electron chi connectivity index (χ4n) is 3.72. The maximum atomic E-state index is 12.5. The smallest absolute Gasteiger partial charge is 0.410 e. The molecule has 1 atom stereocenters. The number of ether oxygens (including phenoxy) is 2. The molecule has 1 aliphatic carbocycles. The molecule has 4 nitrogen and oxygen atoms in total. The van der Waals surface area contributed by atoms with Crippen LogP contribution in [0.15, 0.2) is 24.3 Å². The van der Waals surface area contributed by atoms with Crippen molar-refractivity contribution in [3.05, 3.63) is 29.8 Å². The number of hydrogen-bond donors (Lipinski definition) is 0. The van der Waals surface area contributed by atoms with Gasteiger partial charge in [0.1, 0.15) is 11.4 Å². The minimum Gasteiger partial charge on any atom is -0.443 e. The van der Waals surface area contributed by atoms with Crippen molar-refractivity contribution in [1.29, 1.82) is 0 Å². The minimum absolute atomic E-state index is 0.114. The van der Waals surface area contributed by atoms with Crippen molar-refractivity contribution in [3.63, 3.8) is 0 Å². The van der Waals surface area contributed by atoms with Crippen molar-refractivity contribution in [3.8, 4) is 5.75 Å². The van der Waals surface area contributed by atoms with Crippen LogP contribution in [-0.2, 0) is 4.74 Å². The monoisotopic (exact) mass is 339 g/mol. The summed E-state index contributed by atoms with van der Waals surface area (Å²) in [6, 6.07) is 6.24. The molecule has 24 heavy (non-hydrogen) atoms. The lowest BCUT2D eigenvalue weighted by atomic mass is 9.81. The molecule has 6 heteroatoms. The molecule has 1 unspecified atom stereocenters. The van der Waals surface area contributed by atoms with Crippen molar-refractivity contribution in [2.75, 3.05) is 6.54 Å². The standard InChI is InChI=1S/C18H23F2NO3/c1-13(14-5-7-15(8-6-14)23-16(19)20)21-12-11-18(24-17(21)22)9-3-2-4-10-18/h5-8,13,16H,2-4,9-12H2,1H3. The Labute approximate surface area is 140 Å². The van der Waals surface area contributed by atoms with Gasteiger partial charge in [0.15, 0.2) is 0 Å². The third-order valence-electron chi connectivity index (χ3n) is 5.17. The summed E-state index contributed by atoms with van der Waals surface area (Å²) < 4.78 is 34.6. The number of rotatable bonds is 4. The van der Waals surface area contributed by atoms with E-state index < -0.39 is 6.61 Å². The molecule has 1 amide bonds. The van der Waals surface area contributed by atoms with Gasteiger partial charge in [0.05, 0.1) is 6.04 Å². The minimum atomic E-state index is -2.84. The van der Waals surface area contributed by atoms with E-state index in [4.69, 9.17) is 4.74 Å². The maximum Gasteiger partial charge on any atom is 0.410 e. The number of alkyl halides is 2. The summed E-state index contributed by atoms with van der Waals surface area (Å²) >= 11 is 0. The molecule has 1 saturated heterocycles. The van der Waals surface area contributed by atoms with Crippen molar-refractivity contribution in [1.82, 2.24) is 4.90 Å². The van der Waals surface area contributed by atoms with Gasteiger partial charge in [-0.05, 0) is 50.3 Å². The fourth-order valence-corrected chi connectivity index (χ4v) is 3.72. The van der Waals surface area contributed by atoms with E-state index in [2.05, 4.69) is 4.74 Å². The molecule has 2 aliphatic rings. The van der Waals surface area contributed by atoms with Crippen LogP contribution in [0.1, 0.15) is 57.1 Å². The van der Waals surface area contributed by atoms with E-state index in [1.165, 1.54) is 18.6 Å². The van der Waals surface area contributed by atoms with E-state index in [-0.39, 0.29) is 23.5 Å². The van der Waals surface area contributed by atoms with E-state index in [0.29, 0.717) is 6.54 Å². The van der Waals surface area contributed by atoms with Crippen LogP contribution in [0.4, 0.5) is 13.6 Å². The van der Waals surface area contributed by atoms with E-state index >= 15 is 0 Å². The Kier molecular flexibility index (Phi) is 4.92. The molecule has 0 aromatic heterocycles. The summed E-state index contributed by atoms with van der Waals surface area (Å²) in [4.78, 5) is 14.2. The average molecular weight is 339 g/mol. The van der Waals surface area contributed by atoms with Crippen LogP contribution in [-0.4, -0.2) is 29.8 Å². The zero-order valence-electron chi connectivity index (χ0n) is 13.8. The number of carbonyl (C=O) groups is 1. The maximum absolute atomic E-state index is 12.5. The highest BCUT2D eigenvalue weighted by Gasteiger charge is 2.42. The predicted octanol–water partition coefficient (Wildman–Crippen LogP) is 4.89. The SMILES string of the molecule is CC(c1ccc(OC(F)F)cc1)N1CCC2(CCCCC2)OC1=O. The summed E-state index contributed by atoms with van der Waals surface area (Å²) in [5.41, 5.74) is 0.605. The zero-order chi connectivity index (χ0) is 17.2. The van der Waals surface area contributed by atoms with Gasteiger partial charge >= 0.3 is 12.7 Å². The van der Waals surface area contributed by atoms with Gasteiger partial charge in [-0.3, -0.25) is 0 Å². The zero-order valence-corrected chi connectivity index (χ0v) is 13.8. The van der Waals surface area contributed by atoms with Crippen LogP contribution in [0.3, 0.4) is 0 Å². The third kappa shape index (κ3) is 3.62. The van der Waals surface area contributed by atoms with E-state index in [1.54, 1.807) is 17.0 Å². The third-order valence-corrected chi connectivity index (χ3v) is 5.17.